The quantitative estimate of drug-likeness (QED) is 0.878. The lowest BCUT2D eigenvalue weighted by molar-refractivity contribution is 0.332. The molecule has 1 saturated heterocycles. The molecule has 1 aromatic carbocycles. The lowest BCUT2D eigenvalue weighted by Gasteiger charge is -2.18. The van der Waals surface area contributed by atoms with Crippen LogP contribution in [0, 0.1) is 6.92 Å². The maximum absolute atomic E-state index is 4.34. The van der Waals surface area contributed by atoms with E-state index in [1.54, 1.807) is 6.33 Å². The van der Waals surface area contributed by atoms with Crippen LogP contribution in [0.3, 0.4) is 0 Å². The molecule has 0 saturated carbocycles. The van der Waals surface area contributed by atoms with Crippen LogP contribution < -0.4 is 5.32 Å². The Bertz CT molecular complexity index is 555. The Morgan fingerprint density at radius 1 is 1.25 bits per heavy atom. The van der Waals surface area contributed by atoms with Crippen molar-refractivity contribution in [1.82, 2.24) is 14.9 Å². The van der Waals surface area contributed by atoms with Gasteiger partial charge < -0.3 is 10.3 Å². The molecule has 0 aliphatic carbocycles. The Kier molecular flexibility index (Phi) is 4.02. The van der Waals surface area contributed by atoms with Crippen LogP contribution in [-0.4, -0.2) is 28.0 Å². The number of benzene rings is 1. The van der Waals surface area contributed by atoms with Gasteiger partial charge in [0.2, 0.25) is 0 Å². The van der Waals surface area contributed by atoms with Gasteiger partial charge >= 0.3 is 0 Å². The van der Waals surface area contributed by atoms with Gasteiger partial charge in [0.25, 0.3) is 0 Å². The van der Waals surface area contributed by atoms with Crippen molar-refractivity contribution < 1.29 is 0 Å². The maximum atomic E-state index is 4.34. The second-order valence-electron chi connectivity index (χ2n) is 5.47. The van der Waals surface area contributed by atoms with E-state index in [1.807, 2.05) is 0 Å². The number of imidazole rings is 1. The van der Waals surface area contributed by atoms with E-state index in [9.17, 15) is 0 Å². The zero-order chi connectivity index (χ0) is 13.8. The zero-order valence-electron chi connectivity index (χ0n) is 12.0. The smallest absolute Gasteiger partial charge is 0.0925 e. The molecule has 20 heavy (non-hydrogen) atoms. The van der Waals surface area contributed by atoms with Gasteiger partial charge in [0.15, 0.2) is 0 Å². The van der Waals surface area contributed by atoms with E-state index in [0.717, 1.165) is 24.5 Å². The summed E-state index contributed by atoms with van der Waals surface area (Å²) in [5.74, 6) is 0. The van der Waals surface area contributed by atoms with Crippen LogP contribution in [0.5, 0.6) is 0 Å². The minimum Gasteiger partial charge on any atom is -0.379 e. The highest BCUT2D eigenvalue weighted by atomic mass is 15.1. The number of para-hydroxylation sites is 1. The molecule has 2 heterocycles. The fourth-order valence-corrected chi connectivity index (χ4v) is 2.76. The SMILES string of the molecule is Cc1[nH]cnc1CNc1ccccc1CN1CCCC1. The maximum Gasteiger partial charge on any atom is 0.0925 e. The Labute approximate surface area is 120 Å². The van der Waals surface area contributed by atoms with E-state index >= 15 is 0 Å². The first kappa shape index (κ1) is 13.2. The summed E-state index contributed by atoms with van der Waals surface area (Å²) < 4.78 is 0. The van der Waals surface area contributed by atoms with Crippen molar-refractivity contribution in [2.75, 3.05) is 18.4 Å². The van der Waals surface area contributed by atoms with Crippen LogP contribution in [0.15, 0.2) is 30.6 Å². The number of aromatic amines is 1. The predicted molar refractivity (Wildman–Crippen MR) is 81.6 cm³/mol. The highest BCUT2D eigenvalue weighted by Crippen LogP contribution is 2.20. The minimum absolute atomic E-state index is 0.770. The summed E-state index contributed by atoms with van der Waals surface area (Å²) in [4.78, 5) is 9.98. The van der Waals surface area contributed by atoms with Gasteiger partial charge in [-0.05, 0) is 44.5 Å². The van der Waals surface area contributed by atoms with Crippen molar-refractivity contribution in [2.45, 2.75) is 32.9 Å². The largest absolute Gasteiger partial charge is 0.379 e. The van der Waals surface area contributed by atoms with Gasteiger partial charge in [-0.15, -0.1) is 0 Å². The molecule has 1 aromatic heterocycles. The number of rotatable bonds is 5. The topological polar surface area (TPSA) is 44.0 Å². The fraction of sp³-hybridized carbons (Fsp3) is 0.438. The number of aryl methyl sites for hydroxylation is 1. The van der Waals surface area contributed by atoms with E-state index in [0.29, 0.717) is 0 Å². The zero-order valence-corrected chi connectivity index (χ0v) is 12.0. The molecule has 0 unspecified atom stereocenters. The van der Waals surface area contributed by atoms with Crippen LogP contribution in [0.4, 0.5) is 5.69 Å². The number of nitrogens with one attached hydrogen (secondary N) is 2. The summed E-state index contributed by atoms with van der Waals surface area (Å²) in [7, 11) is 0. The first-order chi connectivity index (χ1) is 9.83. The van der Waals surface area contributed by atoms with Gasteiger partial charge in [0.05, 0.1) is 18.6 Å². The molecular formula is C16H22N4. The van der Waals surface area contributed by atoms with Crippen LogP contribution in [-0.2, 0) is 13.1 Å². The summed E-state index contributed by atoms with van der Waals surface area (Å²) in [5, 5.41) is 3.52. The second-order valence-corrected chi connectivity index (χ2v) is 5.47. The molecule has 2 aromatic rings. The highest BCUT2D eigenvalue weighted by molar-refractivity contribution is 5.51. The average Bonchev–Trinajstić information content (AvgIpc) is 3.10. The summed E-state index contributed by atoms with van der Waals surface area (Å²) in [5.41, 5.74) is 4.82. The van der Waals surface area contributed by atoms with Crippen molar-refractivity contribution in [2.24, 2.45) is 0 Å². The van der Waals surface area contributed by atoms with Crippen LogP contribution >= 0.6 is 0 Å². The molecule has 0 bridgehead atoms. The van der Waals surface area contributed by atoms with Crippen molar-refractivity contribution in [1.29, 1.82) is 0 Å². The summed E-state index contributed by atoms with van der Waals surface area (Å²) >= 11 is 0. The van der Waals surface area contributed by atoms with Gasteiger partial charge in [-0.1, -0.05) is 18.2 Å². The minimum atomic E-state index is 0.770. The Balaban J connectivity index is 1.67. The van der Waals surface area contributed by atoms with Gasteiger partial charge in [0, 0.05) is 17.9 Å². The van der Waals surface area contributed by atoms with E-state index in [4.69, 9.17) is 0 Å². The van der Waals surface area contributed by atoms with E-state index in [2.05, 4.69) is 51.4 Å². The number of likely N-dealkylation sites (tertiary alicyclic amines) is 1. The van der Waals surface area contributed by atoms with E-state index < -0.39 is 0 Å². The lowest BCUT2D eigenvalue weighted by atomic mass is 10.1. The van der Waals surface area contributed by atoms with Gasteiger partial charge in [-0.3, -0.25) is 4.90 Å². The molecule has 0 amide bonds. The van der Waals surface area contributed by atoms with Gasteiger partial charge in [0.1, 0.15) is 0 Å². The second kappa shape index (κ2) is 6.09. The molecule has 1 aliphatic rings. The number of aromatic nitrogens is 2. The number of nitrogens with zero attached hydrogens (tertiary/aromatic N) is 2. The Morgan fingerprint density at radius 2 is 2.05 bits per heavy atom. The number of hydrogen-bond donors (Lipinski definition) is 2. The van der Waals surface area contributed by atoms with Crippen LogP contribution in [0.2, 0.25) is 0 Å². The Morgan fingerprint density at radius 3 is 2.80 bits per heavy atom. The lowest BCUT2D eigenvalue weighted by Crippen LogP contribution is -2.19. The monoisotopic (exact) mass is 270 g/mol. The molecule has 0 radical (unpaired) electrons. The fourth-order valence-electron chi connectivity index (χ4n) is 2.76. The van der Waals surface area contributed by atoms with Gasteiger partial charge in [-0.2, -0.15) is 0 Å². The summed E-state index contributed by atoms with van der Waals surface area (Å²) in [6.07, 6.45) is 4.42. The molecule has 4 heteroatoms. The molecule has 1 aliphatic heterocycles. The van der Waals surface area contributed by atoms with Crippen molar-refractivity contribution in [3.8, 4) is 0 Å². The standard InChI is InChI=1S/C16H22N4/c1-13-16(19-12-18-13)10-17-15-7-3-2-6-14(15)11-20-8-4-5-9-20/h2-3,6-7,12,17H,4-5,8-11H2,1H3,(H,18,19). The molecule has 0 atom stereocenters. The highest BCUT2D eigenvalue weighted by Gasteiger charge is 2.13. The first-order valence-corrected chi connectivity index (χ1v) is 7.36. The van der Waals surface area contributed by atoms with Crippen LogP contribution in [0.25, 0.3) is 0 Å². The molecule has 4 nitrogen and oxygen atoms in total. The van der Waals surface area contributed by atoms with Crippen LogP contribution in [0.1, 0.15) is 29.8 Å². The van der Waals surface area contributed by atoms with Crippen molar-refractivity contribution in [3.05, 3.63) is 47.5 Å². The average molecular weight is 270 g/mol. The number of hydrogen-bond acceptors (Lipinski definition) is 3. The molecule has 106 valence electrons. The molecule has 0 spiro atoms. The number of H-pyrrole nitrogens is 1. The van der Waals surface area contributed by atoms with Crippen molar-refractivity contribution >= 4 is 5.69 Å². The van der Waals surface area contributed by atoms with Crippen molar-refractivity contribution in [3.63, 3.8) is 0 Å². The van der Waals surface area contributed by atoms with E-state index in [1.165, 1.54) is 37.2 Å². The third-order valence-corrected chi connectivity index (χ3v) is 3.99. The number of anilines is 1. The first-order valence-electron chi connectivity index (χ1n) is 7.36. The normalized spacial score (nSPS) is 15.7. The Hall–Kier alpha value is -1.81. The summed E-state index contributed by atoms with van der Waals surface area (Å²) in [6.45, 7) is 6.33. The summed E-state index contributed by atoms with van der Waals surface area (Å²) in [6, 6.07) is 8.59. The van der Waals surface area contributed by atoms with E-state index in [-0.39, 0.29) is 0 Å². The predicted octanol–water partition coefficient (Wildman–Crippen LogP) is 2.93. The molecule has 2 N–H and O–H groups in total. The third kappa shape index (κ3) is 3.02. The third-order valence-electron chi connectivity index (χ3n) is 3.99. The van der Waals surface area contributed by atoms with Gasteiger partial charge in [-0.25, -0.2) is 4.98 Å². The molecule has 1 fully saturated rings. The molecular weight excluding hydrogens is 248 g/mol. The molecule has 3 rings (SSSR count).